The minimum atomic E-state index is 0.718. The van der Waals surface area contributed by atoms with Crippen LogP contribution in [0.15, 0.2) is 40.5 Å². The van der Waals surface area contributed by atoms with Gasteiger partial charge in [0.15, 0.2) is 5.16 Å². The van der Waals surface area contributed by atoms with Crippen molar-refractivity contribution in [1.82, 2.24) is 15.3 Å². The van der Waals surface area contributed by atoms with Gasteiger partial charge in [0, 0.05) is 37.0 Å². The third-order valence-corrected chi connectivity index (χ3v) is 3.99. The van der Waals surface area contributed by atoms with Crippen molar-refractivity contribution < 1.29 is 4.74 Å². The fourth-order valence-electron chi connectivity index (χ4n) is 1.92. The van der Waals surface area contributed by atoms with E-state index in [9.17, 15) is 0 Å². The minimum absolute atomic E-state index is 0.718. The first-order chi connectivity index (χ1) is 10.2. The van der Waals surface area contributed by atoms with Gasteiger partial charge in [-0.2, -0.15) is 0 Å². The summed E-state index contributed by atoms with van der Waals surface area (Å²) in [6.07, 6.45) is 1.80. The number of nitrogens with one attached hydrogen (secondary N) is 1. The quantitative estimate of drug-likeness (QED) is 0.629. The number of benzene rings is 1. The number of aryl methyl sites for hydroxylation is 2. The molecule has 1 aromatic carbocycles. The largest absolute Gasteiger partial charge is 0.383 e. The van der Waals surface area contributed by atoms with E-state index in [1.165, 1.54) is 16.0 Å². The maximum atomic E-state index is 5.05. The van der Waals surface area contributed by atoms with Gasteiger partial charge in [-0.15, -0.1) is 0 Å². The van der Waals surface area contributed by atoms with Gasteiger partial charge < -0.3 is 10.1 Å². The molecule has 0 amide bonds. The van der Waals surface area contributed by atoms with Crippen molar-refractivity contribution in [3.05, 3.63) is 47.3 Å². The van der Waals surface area contributed by atoms with Crippen molar-refractivity contribution in [3.8, 4) is 0 Å². The Labute approximate surface area is 130 Å². The predicted octanol–water partition coefficient (Wildman–Crippen LogP) is 2.98. The maximum absolute atomic E-state index is 5.05. The van der Waals surface area contributed by atoms with Crippen LogP contribution in [-0.2, 0) is 11.3 Å². The zero-order chi connectivity index (χ0) is 15.1. The summed E-state index contributed by atoms with van der Waals surface area (Å²) in [5, 5.41) is 4.18. The molecule has 112 valence electrons. The highest BCUT2D eigenvalue weighted by Gasteiger charge is 2.07. The van der Waals surface area contributed by atoms with E-state index in [-0.39, 0.29) is 0 Å². The van der Waals surface area contributed by atoms with Crippen molar-refractivity contribution >= 4 is 11.8 Å². The second-order valence-electron chi connectivity index (χ2n) is 4.86. The lowest BCUT2D eigenvalue weighted by molar-refractivity contribution is 0.199. The van der Waals surface area contributed by atoms with Crippen LogP contribution in [0.25, 0.3) is 0 Å². The Bertz CT molecular complexity index is 589. The molecule has 0 unspecified atom stereocenters. The number of hydrogen-bond donors (Lipinski definition) is 1. The van der Waals surface area contributed by atoms with Gasteiger partial charge in [-0.25, -0.2) is 9.97 Å². The highest BCUT2D eigenvalue weighted by molar-refractivity contribution is 7.99. The smallest absolute Gasteiger partial charge is 0.192 e. The summed E-state index contributed by atoms with van der Waals surface area (Å²) >= 11 is 1.61. The lowest BCUT2D eigenvalue weighted by atomic mass is 10.1. The van der Waals surface area contributed by atoms with Gasteiger partial charge in [0.25, 0.3) is 0 Å². The van der Waals surface area contributed by atoms with E-state index in [0.29, 0.717) is 0 Å². The Hall–Kier alpha value is -1.43. The van der Waals surface area contributed by atoms with Crippen molar-refractivity contribution in [3.63, 3.8) is 0 Å². The van der Waals surface area contributed by atoms with E-state index in [1.807, 2.05) is 13.0 Å². The predicted molar refractivity (Wildman–Crippen MR) is 85.7 cm³/mol. The summed E-state index contributed by atoms with van der Waals surface area (Å²) in [5.41, 5.74) is 3.51. The fraction of sp³-hybridized carbons (Fsp3) is 0.375. The molecule has 1 N–H and O–H groups in total. The Balaban J connectivity index is 2.10. The standard InChI is InChI=1S/C16H21N3OS/c1-12-4-5-15(14(10-12)11-17-8-9-20-3)21-16-18-7-6-13(2)19-16/h4-7,10,17H,8-9,11H2,1-3H3. The third-order valence-electron chi connectivity index (χ3n) is 2.99. The number of nitrogens with zero attached hydrogens (tertiary/aromatic N) is 2. The van der Waals surface area contributed by atoms with Crippen LogP contribution >= 0.6 is 11.8 Å². The SMILES string of the molecule is COCCNCc1cc(C)ccc1Sc1nccc(C)n1. The van der Waals surface area contributed by atoms with Gasteiger partial charge in [0.05, 0.1) is 6.61 Å². The molecule has 5 heteroatoms. The second-order valence-corrected chi connectivity index (χ2v) is 5.87. The molecule has 0 aliphatic heterocycles. The zero-order valence-electron chi connectivity index (χ0n) is 12.7. The molecule has 0 fully saturated rings. The van der Waals surface area contributed by atoms with Gasteiger partial charge in [-0.1, -0.05) is 17.7 Å². The first-order valence-electron chi connectivity index (χ1n) is 6.95. The van der Waals surface area contributed by atoms with Gasteiger partial charge in [-0.05, 0) is 43.3 Å². The highest BCUT2D eigenvalue weighted by atomic mass is 32.2. The summed E-state index contributed by atoms with van der Waals surface area (Å²) in [6.45, 7) is 6.47. The Kier molecular flexibility index (Phi) is 6.17. The molecule has 1 heterocycles. The lowest BCUT2D eigenvalue weighted by Gasteiger charge is -2.11. The van der Waals surface area contributed by atoms with Crippen LogP contribution in [0.5, 0.6) is 0 Å². The van der Waals surface area contributed by atoms with Crippen LogP contribution in [0.1, 0.15) is 16.8 Å². The van der Waals surface area contributed by atoms with Crippen molar-refractivity contribution in [2.75, 3.05) is 20.3 Å². The van der Waals surface area contributed by atoms with E-state index in [2.05, 4.69) is 40.4 Å². The van der Waals surface area contributed by atoms with Crippen molar-refractivity contribution in [2.24, 2.45) is 0 Å². The van der Waals surface area contributed by atoms with E-state index >= 15 is 0 Å². The van der Waals surface area contributed by atoms with Crippen LogP contribution in [-0.4, -0.2) is 30.2 Å². The molecule has 2 rings (SSSR count). The van der Waals surface area contributed by atoms with Crippen LogP contribution < -0.4 is 5.32 Å². The van der Waals surface area contributed by atoms with Crippen LogP contribution in [0.4, 0.5) is 0 Å². The molecule has 0 bridgehead atoms. The summed E-state index contributed by atoms with van der Waals surface area (Å²) in [7, 11) is 1.71. The normalized spacial score (nSPS) is 10.8. The Morgan fingerprint density at radius 2 is 2.10 bits per heavy atom. The molecule has 21 heavy (non-hydrogen) atoms. The molecule has 0 aliphatic carbocycles. The van der Waals surface area contributed by atoms with Crippen molar-refractivity contribution in [2.45, 2.75) is 30.4 Å². The van der Waals surface area contributed by atoms with E-state index < -0.39 is 0 Å². The van der Waals surface area contributed by atoms with Crippen LogP contribution in [0.3, 0.4) is 0 Å². The van der Waals surface area contributed by atoms with Gasteiger partial charge in [0.2, 0.25) is 0 Å². The number of methoxy groups -OCH3 is 1. The average Bonchev–Trinajstić information content (AvgIpc) is 2.46. The number of rotatable bonds is 7. The van der Waals surface area contributed by atoms with Crippen LogP contribution in [0, 0.1) is 13.8 Å². The van der Waals surface area contributed by atoms with Gasteiger partial charge in [0.1, 0.15) is 0 Å². The molecule has 0 saturated carbocycles. The summed E-state index contributed by atoms with van der Waals surface area (Å²) in [4.78, 5) is 9.96. The molecule has 4 nitrogen and oxygen atoms in total. The summed E-state index contributed by atoms with van der Waals surface area (Å²) < 4.78 is 5.05. The molecule has 1 aromatic heterocycles. The maximum Gasteiger partial charge on any atom is 0.192 e. The molecule has 0 radical (unpaired) electrons. The minimum Gasteiger partial charge on any atom is -0.383 e. The average molecular weight is 303 g/mol. The fourth-order valence-corrected chi connectivity index (χ4v) is 2.81. The number of ether oxygens (including phenoxy) is 1. The molecule has 2 aromatic rings. The molecule has 0 aliphatic rings. The van der Waals surface area contributed by atoms with Gasteiger partial charge in [-0.3, -0.25) is 0 Å². The topological polar surface area (TPSA) is 47.0 Å². The number of hydrogen-bond acceptors (Lipinski definition) is 5. The van der Waals surface area contributed by atoms with Gasteiger partial charge >= 0.3 is 0 Å². The summed E-state index contributed by atoms with van der Waals surface area (Å²) in [5.74, 6) is 0. The molecule has 0 saturated heterocycles. The van der Waals surface area contributed by atoms with Crippen molar-refractivity contribution in [1.29, 1.82) is 0 Å². The second kappa shape index (κ2) is 8.12. The Morgan fingerprint density at radius 1 is 1.24 bits per heavy atom. The number of aromatic nitrogens is 2. The third kappa shape index (κ3) is 5.12. The lowest BCUT2D eigenvalue weighted by Crippen LogP contribution is -2.19. The molecule has 0 atom stereocenters. The summed E-state index contributed by atoms with van der Waals surface area (Å²) in [6, 6.07) is 8.38. The molecule has 0 spiro atoms. The Morgan fingerprint density at radius 3 is 2.86 bits per heavy atom. The first kappa shape index (κ1) is 15.9. The molecular formula is C16H21N3OS. The zero-order valence-corrected chi connectivity index (χ0v) is 13.5. The highest BCUT2D eigenvalue weighted by Crippen LogP contribution is 2.28. The van der Waals surface area contributed by atoms with E-state index in [4.69, 9.17) is 4.74 Å². The van der Waals surface area contributed by atoms with Crippen LogP contribution in [0.2, 0.25) is 0 Å². The molecular weight excluding hydrogens is 282 g/mol. The van der Waals surface area contributed by atoms with E-state index in [0.717, 1.165) is 30.5 Å². The van der Waals surface area contributed by atoms with E-state index in [1.54, 1.807) is 25.1 Å². The first-order valence-corrected chi connectivity index (χ1v) is 7.77. The monoisotopic (exact) mass is 303 g/mol.